The number of hydrogen-bond acceptors (Lipinski definition) is 2. The molecule has 0 bridgehead atoms. The summed E-state index contributed by atoms with van der Waals surface area (Å²) in [7, 11) is 0. The molecule has 4 nitrogen and oxygen atoms in total. The Bertz CT molecular complexity index is 426. The second kappa shape index (κ2) is 4.71. The van der Waals surface area contributed by atoms with Gasteiger partial charge in [-0.2, -0.15) is 13.2 Å². The summed E-state index contributed by atoms with van der Waals surface area (Å²) in [5.41, 5.74) is 7.79. The number of ether oxygens (including phenoxy) is 1. The third-order valence-corrected chi connectivity index (χ3v) is 1.46. The van der Waals surface area contributed by atoms with Crippen LogP contribution in [0.3, 0.4) is 0 Å². The Balaban J connectivity index is 2.91. The summed E-state index contributed by atoms with van der Waals surface area (Å²) in [6.07, 6.45) is -4.51. The van der Waals surface area contributed by atoms with Gasteiger partial charge in [0.05, 0.1) is 5.69 Å². The Hall–Kier alpha value is -1.95. The maximum Gasteiger partial charge on any atom is 0.422 e. The largest absolute Gasteiger partial charge is 0.484 e. The van der Waals surface area contributed by atoms with Gasteiger partial charge in [-0.05, 0) is 23.7 Å². The summed E-state index contributed by atoms with van der Waals surface area (Å²) in [6.45, 7) is -1.54. The first-order chi connectivity index (χ1) is 7.42. The quantitative estimate of drug-likeness (QED) is 0.341. The minimum Gasteiger partial charge on any atom is -0.484 e. The van der Waals surface area contributed by atoms with Gasteiger partial charge in [-0.1, -0.05) is 5.11 Å². The normalized spacial score (nSPS) is 10.8. The van der Waals surface area contributed by atoms with E-state index in [0.29, 0.717) is 0 Å². The highest BCUT2D eigenvalue weighted by atomic mass is 19.4. The van der Waals surface area contributed by atoms with Crippen molar-refractivity contribution in [1.29, 1.82) is 0 Å². The third kappa shape index (κ3) is 3.66. The average Bonchev–Trinajstić information content (AvgIpc) is 2.15. The van der Waals surface area contributed by atoms with Crippen LogP contribution in [0.15, 0.2) is 23.3 Å². The Morgan fingerprint density at radius 2 is 2.06 bits per heavy atom. The second-order valence-electron chi connectivity index (χ2n) is 2.71. The van der Waals surface area contributed by atoms with E-state index in [1.54, 1.807) is 0 Å². The predicted octanol–water partition coefficient (Wildman–Crippen LogP) is 3.71. The van der Waals surface area contributed by atoms with Crippen molar-refractivity contribution in [2.24, 2.45) is 5.11 Å². The monoisotopic (exact) mass is 235 g/mol. The van der Waals surface area contributed by atoms with Crippen molar-refractivity contribution >= 4 is 5.69 Å². The van der Waals surface area contributed by atoms with Crippen LogP contribution in [0, 0.1) is 5.82 Å². The molecule has 0 aliphatic rings. The Labute approximate surface area is 87.1 Å². The molecule has 0 spiro atoms. The van der Waals surface area contributed by atoms with Crippen molar-refractivity contribution in [3.05, 3.63) is 34.5 Å². The van der Waals surface area contributed by atoms with Gasteiger partial charge < -0.3 is 4.74 Å². The van der Waals surface area contributed by atoms with E-state index in [4.69, 9.17) is 5.53 Å². The predicted molar refractivity (Wildman–Crippen MR) is 46.8 cm³/mol. The number of rotatable bonds is 3. The Morgan fingerprint density at radius 1 is 1.38 bits per heavy atom. The van der Waals surface area contributed by atoms with Gasteiger partial charge in [0.15, 0.2) is 6.61 Å². The first kappa shape index (κ1) is 12.1. The van der Waals surface area contributed by atoms with E-state index >= 15 is 0 Å². The lowest BCUT2D eigenvalue weighted by Gasteiger charge is -2.10. The third-order valence-electron chi connectivity index (χ3n) is 1.46. The van der Waals surface area contributed by atoms with Gasteiger partial charge in [0, 0.05) is 4.91 Å². The second-order valence-corrected chi connectivity index (χ2v) is 2.71. The summed E-state index contributed by atoms with van der Waals surface area (Å²) in [6, 6.07) is 2.65. The molecule has 0 aliphatic carbocycles. The molecule has 0 aromatic heterocycles. The molecule has 0 unspecified atom stereocenters. The molecular weight excluding hydrogens is 230 g/mol. The van der Waals surface area contributed by atoms with Crippen molar-refractivity contribution in [2.45, 2.75) is 6.18 Å². The van der Waals surface area contributed by atoms with Crippen LogP contribution < -0.4 is 4.74 Å². The molecule has 86 valence electrons. The van der Waals surface area contributed by atoms with Gasteiger partial charge >= 0.3 is 6.18 Å². The maximum atomic E-state index is 12.7. The molecule has 1 rings (SSSR count). The Kier molecular flexibility index (Phi) is 3.57. The first-order valence-electron chi connectivity index (χ1n) is 3.96. The first-order valence-corrected chi connectivity index (χ1v) is 3.96. The van der Waals surface area contributed by atoms with Gasteiger partial charge in [-0.25, -0.2) is 4.39 Å². The van der Waals surface area contributed by atoms with E-state index < -0.39 is 18.6 Å². The van der Waals surface area contributed by atoms with Gasteiger partial charge in [0.1, 0.15) is 11.6 Å². The summed E-state index contributed by atoms with van der Waals surface area (Å²) >= 11 is 0. The molecule has 0 aliphatic heterocycles. The van der Waals surface area contributed by atoms with Crippen molar-refractivity contribution in [3.8, 4) is 5.75 Å². The minimum atomic E-state index is -4.51. The highest BCUT2D eigenvalue weighted by Gasteiger charge is 2.28. The van der Waals surface area contributed by atoms with Crippen LogP contribution in [0.1, 0.15) is 0 Å². The molecule has 0 heterocycles. The van der Waals surface area contributed by atoms with Crippen molar-refractivity contribution < 1.29 is 22.3 Å². The lowest BCUT2D eigenvalue weighted by molar-refractivity contribution is -0.153. The fourth-order valence-electron chi connectivity index (χ4n) is 0.898. The smallest absolute Gasteiger partial charge is 0.422 e. The van der Waals surface area contributed by atoms with Crippen LogP contribution in [0.5, 0.6) is 5.75 Å². The summed E-state index contributed by atoms with van der Waals surface area (Å²) in [5, 5.41) is 3.02. The van der Waals surface area contributed by atoms with Gasteiger partial charge in [-0.15, -0.1) is 0 Å². The highest BCUT2D eigenvalue weighted by molar-refractivity contribution is 5.51. The zero-order valence-electron chi connectivity index (χ0n) is 7.70. The average molecular weight is 235 g/mol. The van der Waals surface area contributed by atoms with E-state index in [1.807, 2.05) is 0 Å². The zero-order chi connectivity index (χ0) is 12.2. The molecule has 0 amide bonds. The fraction of sp³-hybridized carbons (Fsp3) is 0.250. The van der Waals surface area contributed by atoms with E-state index in [1.165, 1.54) is 0 Å². The number of hydrogen-bond donors (Lipinski definition) is 0. The Morgan fingerprint density at radius 3 is 2.62 bits per heavy atom. The number of benzene rings is 1. The lowest BCUT2D eigenvalue weighted by Crippen LogP contribution is -2.19. The van der Waals surface area contributed by atoms with Crippen LogP contribution in [0.25, 0.3) is 10.4 Å². The van der Waals surface area contributed by atoms with Crippen LogP contribution in [-0.4, -0.2) is 12.8 Å². The van der Waals surface area contributed by atoms with Crippen LogP contribution >= 0.6 is 0 Å². The zero-order valence-corrected chi connectivity index (χ0v) is 7.70. The molecule has 16 heavy (non-hydrogen) atoms. The standard InChI is InChI=1S/C8H5F4N3O/c9-5-1-2-7(6(3-5)14-15-13)16-4-8(10,11)12/h1-3H,4H2. The molecule has 0 N–H and O–H groups in total. The molecule has 1 aromatic carbocycles. The summed E-state index contributed by atoms with van der Waals surface area (Å²) in [5.74, 6) is -1.06. The lowest BCUT2D eigenvalue weighted by atomic mass is 10.3. The molecular formula is C8H5F4N3O. The molecule has 8 heteroatoms. The van der Waals surface area contributed by atoms with Gasteiger partial charge in [0.25, 0.3) is 0 Å². The topological polar surface area (TPSA) is 58.0 Å². The van der Waals surface area contributed by atoms with Gasteiger partial charge in [-0.3, -0.25) is 0 Å². The molecule has 0 atom stereocenters. The molecule has 0 saturated heterocycles. The van der Waals surface area contributed by atoms with E-state index in [-0.39, 0.29) is 11.4 Å². The summed E-state index contributed by atoms with van der Waals surface area (Å²) in [4.78, 5) is 2.35. The van der Waals surface area contributed by atoms with Crippen molar-refractivity contribution in [2.75, 3.05) is 6.61 Å². The minimum absolute atomic E-state index is 0.323. The summed E-state index contributed by atoms with van der Waals surface area (Å²) < 4.78 is 52.5. The van der Waals surface area contributed by atoms with Crippen LogP contribution in [-0.2, 0) is 0 Å². The number of halogens is 4. The van der Waals surface area contributed by atoms with E-state index in [9.17, 15) is 17.6 Å². The molecule has 0 saturated carbocycles. The van der Waals surface area contributed by atoms with E-state index in [2.05, 4.69) is 14.8 Å². The number of nitrogens with zero attached hydrogens (tertiary/aromatic N) is 3. The van der Waals surface area contributed by atoms with Gasteiger partial charge in [0.2, 0.25) is 0 Å². The number of alkyl halides is 3. The molecule has 0 radical (unpaired) electrons. The molecule has 1 aromatic rings. The van der Waals surface area contributed by atoms with Crippen molar-refractivity contribution in [1.82, 2.24) is 0 Å². The van der Waals surface area contributed by atoms with Crippen LogP contribution in [0.2, 0.25) is 0 Å². The fourth-order valence-corrected chi connectivity index (χ4v) is 0.898. The number of azide groups is 1. The van der Waals surface area contributed by atoms with Crippen LogP contribution in [0.4, 0.5) is 23.2 Å². The maximum absolute atomic E-state index is 12.7. The van der Waals surface area contributed by atoms with Crippen molar-refractivity contribution in [3.63, 3.8) is 0 Å². The highest BCUT2D eigenvalue weighted by Crippen LogP contribution is 2.29. The SMILES string of the molecule is [N-]=[N+]=Nc1cc(F)ccc1OCC(F)(F)F. The van der Waals surface area contributed by atoms with E-state index in [0.717, 1.165) is 18.2 Å². The molecule has 0 fully saturated rings.